The summed E-state index contributed by atoms with van der Waals surface area (Å²) in [5.41, 5.74) is 0.518. The highest BCUT2D eigenvalue weighted by molar-refractivity contribution is 9.10. The number of β-amino-alcohol motifs (C(OH)–C–C–N with tert-alkyl or cyclic N) is 1. The Balaban J connectivity index is 2.25. The van der Waals surface area contributed by atoms with Gasteiger partial charge < -0.3 is 10.0 Å². The van der Waals surface area contributed by atoms with Gasteiger partial charge in [-0.1, -0.05) is 22.0 Å². The summed E-state index contributed by atoms with van der Waals surface area (Å²) in [6.45, 7) is 1.67. The molecule has 0 aromatic heterocycles. The number of nitrogens with zero attached hydrogens (tertiary/aromatic N) is 1. The van der Waals surface area contributed by atoms with Gasteiger partial charge in [0.2, 0.25) is 0 Å². The molecular weight excluding hydrogens is 298 g/mol. The second-order valence-electron chi connectivity index (χ2n) is 4.48. The number of ketones is 1. The van der Waals surface area contributed by atoms with Crippen molar-refractivity contribution in [3.63, 3.8) is 0 Å². The predicted octanol–water partition coefficient (Wildman–Crippen LogP) is 1.61. The molecule has 1 aromatic carbocycles. The van der Waals surface area contributed by atoms with Crippen LogP contribution in [0.2, 0.25) is 0 Å². The molecule has 0 saturated carbocycles. The molecule has 5 heteroatoms. The van der Waals surface area contributed by atoms with Gasteiger partial charge in [-0.15, -0.1) is 0 Å². The number of carbonyl (C=O) groups is 2. The first-order valence-corrected chi connectivity index (χ1v) is 6.53. The monoisotopic (exact) mass is 311 g/mol. The summed E-state index contributed by atoms with van der Waals surface area (Å²) < 4.78 is 0.812. The highest BCUT2D eigenvalue weighted by Gasteiger charge is 2.37. The minimum atomic E-state index is -0.616. The maximum absolute atomic E-state index is 12.3. The summed E-state index contributed by atoms with van der Waals surface area (Å²) in [6, 6.07) is 6.51. The third-order valence-electron chi connectivity index (χ3n) is 3.08. The van der Waals surface area contributed by atoms with Gasteiger partial charge in [0.15, 0.2) is 5.78 Å². The third-order valence-corrected chi connectivity index (χ3v) is 3.57. The van der Waals surface area contributed by atoms with Crippen molar-refractivity contribution in [2.24, 2.45) is 0 Å². The number of hydrogen-bond donors (Lipinski definition) is 1. The van der Waals surface area contributed by atoms with Crippen molar-refractivity contribution >= 4 is 27.6 Å². The first-order valence-electron chi connectivity index (χ1n) is 5.74. The molecule has 1 fully saturated rings. The van der Waals surface area contributed by atoms with Gasteiger partial charge in [-0.2, -0.15) is 0 Å². The van der Waals surface area contributed by atoms with Gasteiger partial charge in [0.25, 0.3) is 5.91 Å². The molecule has 1 N–H and O–H groups in total. The van der Waals surface area contributed by atoms with Crippen molar-refractivity contribution in [2.45, 2.75) is 25.5 Å². The number of carbonyl (C=O) groups excluding carboxylic acids is 2. The van der Waals surface area contributed by atoms with Crippen LogP contribution in [0.25, 0.3) is 0 Å². The van der Waals surface area contributed by atoms with Crippen LogP contribution in [0.15, 0.2) is 28.7 Å². The van der Waals surface area contributed by atoms with Gasteiger partial charge in [-0.3, -0.25) is 9.59 Å². The molecule has 96 valence electrons. The summed E-state index contributed by atoms with van der Waals surface area (Å²) in [4.78, 5) is 25.2. The first-order chi connectivity index (χ1) is 8.49. The Kier molecular flexibility index (Phi) is 3.82. The lowest BCUT2D eigenvalue weighted by molar-refractivity contribution is -0.120. The first kappa shape index (κ1) is 13.2. The van der Waals surface area contributed by atoms with Crippen LogP contribution in [-0.4, -0.2) is 40.4 Å². The van der Waals surface area contributed by atoms with E-state index in [0.29, 0.717) is 12.0 Å². The Bertz CT molecular complexity index is 489. The molecule has 1 heterocycles. The largest absolute Gasteiger partial charge is 0.391 e. The van der Waals surface area contributed by atoms with Gasteiger partial charge in [0.1, 0.15) is 0 Å². The van der Waals surface area contributed by atoms with E-state index in [2.05, 4.69) is 15.9 Å². The van der Waals surface area contributed by atoms with E-state index >= 15 is 0 Å². The highest BCUT2D eigenvalue weighted by atomic mass is 79.9. The number of amides is 1. The number of aliphatic hydroxyl groups is 1. The van der Waals surface area contributed by atoms with Crippen molar-refractivity contribution in [1.82, 2.24) is 4.90 Å². The van der Waals surface area contributed by atoms with E-state index in [1.54, 1.807) is 18.2 Å². The normalized spacial score (nSPS) is 23.2. The standard InChI is InChI=1S/C13H14BrNO3/c1-8(16)12-6-11(17)7-15(12)13(18)9-3-2-4-10(14)5-9/h2-5,11-12,17H,6-7H2,1H3. The molecule has 2 unspecified atom stereocenters. The second kappa shape index (κ2) is 5.20. The fourth-order valence-electron chi connectivity index (χ4n) is 2.21. The number of halogens is 1. The van der Waals surface area contributed by atoms with E-state index in [9.17, 15) is 14.7 Å². The third kappa shape index (κ3) is 2.62. The Hall–Kier alpha value is -1.20. The quantitative estimate of drug-likeness (QED) is 0.903. The van der Waals surface area contributed by atoms with Crippen molar-refractivity contribution in [1.29, 1.82) is 0 Å². The molecule has 1 amide bonds. The molecule has 1 aliphatic rings. The van der Waals surface area contributed by atoms with E-state index in [0.717, 1.165) is 4.47 Å². The lowest BCUT2D eigenvalue weighted by Crippen LogP contribution is -2.39. The van der Waals surface area contributed by atoms with E-state index in [4.69, 9.17) is 0 Å². The van der Waals surface area contributed by atoms with E-state index in [-0.39, 0.29) is 18.2 Å². The summed E-state index contributed by atoms with van der Waals surface area (Å²) in [5.74, 6) is -0.303. The van der Waals surface area contributed by atoms with Crippen LogP contribution in [0, 0.1) is 0 Å². The Labute approximate surface area is 114 Å². The molecule has 1 saturated heterocycles. The SMILES string of the molecule is CC(=O)C1CC(O)CN1C(=O)c1cccc(Br)c1. The van der Waals surface area contributed by atoms with Crippen molar-refractivity contribution < 1.29 is 14.7 Å². The predicted molar refractivity (Wildman–Crippen MR) is 70.3 cm³/mol. The van der Waals surface area contributed by atoms with Gasteiger partial charge in [-0.05, 0) is 25.1 Å². The molecule has 0 radical (unpaired) electrons. The zero-order valence-corrected chi connectivity index (χ0v) is 11.6. The molecule has 4 nitrogen and oxygen atoms in total. The van der Waals surface area contributed by atoms with Gasteiger partial charge in [0, 0.05) is 23.0 Å². The number of rotatable bonds is 2. The van der Waals surface area contributed by atoms with Crippen LogP contribution in [-0.2, 0) is 4.79 Å². The van der Waals surface area contributed by atoms with Crippen molar-refractivity contribution in [3.05, 3.63) is 34.3 Å². The van der Waals surface area contributed by atoms with Gasteiger partial charge >= 0.3 is 0 Å². The number of benzene rings is 1. The van der Waals surface area contributed by atoms with Crippen LogP contribution in [0.4, 0.5) is 0 Å². The Morgan fingerprint density at radius 1 is 1.44 bits per heavy atom. The average Bonchev–Trinajstić information content (AvgIpc) is 2.70. The van der Waals surface area contributed by atoms with Crippen LogP contribution < -0.4 is 0 Å². The number of Topliss-reactive ketones (excluding diaryl/α,β-unsaturated/α-hetero) is 1. The molecule has 1 aromatic rings. The van der Waals surface area contributed by atoms with Crippen LogP contribution >= 0.6 is 15.9 Å². The Morgan fingerprint density at radius 3 is 2.78 bits per heavy atom. The Morgan fingerprint density at radius 2 is 2.17 bits per heavy atom. The average molecular weight is 312 g/mol. The van der Waals surface area contributed by atoms with E-state index in [1.165, 1.54) is 11.8 Å². The molecule has 0 aliphatic carbocycles. The second-order valence-corrected chi connectivity index (χ2v) is 5.40. The fraction of sp³-hybridized carbons (Fsp3) is 0.385. The van der Waals surface area contributed by atoms with Gasteiger partial charge in [0.05, 0.1) is 12.1 Å². The fourth-order valence-corrected chi connectivity index (χ4v) is 2.61. The van der Waals surface area contributed by atoms with Crippen LogP contribution in [0.3, 0.4) is 0 Å². The van der Waals surface area contributed by atoms with E-state index in [1.807, 2.05) is 6.07 Å². The summed E-state index contributed by atoms with van der Waals surface area (Å²) in [5, 5.41) is 9.61. The lowest BCUT2D eigenvalue weighted by atomic mass is 10.1. The maximum Gasteiger partial charge on any atom is 0.254 e. The summed E-state index contributed by atoms with van der Waals surface area (Å²) in [6.07, 6.45) is -0.287. The maximum atomic E-state index is 12.3. The van der Waals surface area contributed by atoms with Gasteiger partial charge in [-0.25, -0.2) is 0 Å². The number of hydrogen-bond acceptors (Lipinski definition) is 3. The summed E-state index contributed by atoms with van der Waals surface area (Å²) >= 11 is 3.31. The summed E-state index contributed by atoms with van der Waals surface area (Å²) in [7, 11) is 0. The zero-order chi connectivity index (χ0) is 13.3. The molecule has 0 spiro atoms. The topological polar surface area (TPSA) is 57.6 Å². The van der Waals surface area contributed by atoms with Crippen molar-refractivity contribution in [2.75, 3.05) is 6.54 Å². The minimum Gasteiger partial charge on any atom is -0.391 e. The van der Waals surface area contributed by atoms with Crippen molar-refractivity contribution in [3.8, 4) is 0 Å². The number of likely N-dealkylation sites (tertiary alicyclic amines) is 1. The minimum absolute atomic E-state index is 0.0881. The molecular formula is C13H14BrNO3. The van der Waals surface area contributed by atoms with Crippen LogP contribution in [0.5, 0.6) is 0 Å². The molecule has 0 bridgehead atoms. The zero-order valence-electron chi connectivity index (χ0n) is 9.97. The smallest absolute Gasteiger partial charge is 0.254 e. The molecule has 1 aliphatic heterocycles. The molecule has 2 atom stereocenters. The van der Waals surface area contributed by atoms with E-state index < -0.39 is 12.1 Å². The highest BCUT2D eigenvalue weighted by Crippen LogP contribution is 2.22. The lowest BCUT2D eigenvalue weighted by Gasteiger charge is -2.22. The molecule has 2 rings (SSSR count). The van der Waals surface area contributed by atoms with Crippen LogP contribution in [0.1, 0.15) is 23.7 Å². The number of aliphatic hydroxyl groups excluding tert-OH is 1. The molecule has 18 heavy (non-hydrogen) atoms.